The number of hydrogen-bond donors (Lipinski definition) is 1. The van der Waals surface area contributed by atoms with Gasteiger partial charge in [0, 0.05) is 0 Å². The number of nitrogens with one attached hydrogen (secondary N) is 1. The predicted molar refractivity (Wildman–Crippen MR) is 105 cm³/mol. The monoisotopic (exact) mass is 439 g/mol. The van der Waals surface area contributed by atoms with Gasteiger partial charge in [-0.05, 0) is 52.3 Å². The zero-order valence-electron chi connectivity index (χ0n) is 14.5. The van der Waals surface area contributed by atoms with Crippen molar-refractivity contribution in [1.82, 2.24) is 10.1 Å². The lowest BCUT2D eigenvalue weighted by Gasteiger charge is -2.06. The minimum Gasteiger partial charge on any atom is -0.485 e. The molecule has 2 heterocycles. The fourth-order valence-electron chi connectivity index (χ4n) is 2.49. The molecule has 0 fully saturated rings. The van der Waals surface area contributed by atoms with Crippen LogP contribution >= 0.6 is 15.9 Å². The molecule has 140 valence electrons. The molecule has 4 rings (SSSR count). The van der Waals surface area contributed by atoms with Crippen LogP contribution in [-0.4, -0.2) is 16.0 Å². The Morgan fingerprint density at radius 2 is 1.82 bits per heavy atom. The quantitative estimate of drug-likeness (QED) is 0.458. The van der Waals surface area contributed by atoms with E-state index in [1.165, 1.54) is 0 Å². The molecule has 0 bridgehead atoms. The number of aromatic nitrogens is 2. The van der Waals surface area contributed by atoms with Crippen molar-refractivity contribution < 1.29 is 18.5 Å². The highest BCUT2D eigenvalue weighted by molar-refractivity contribution is 9.10. The van der Waals surface area contributed by atoms with E-state index in [4.69, 9.17) is 13.7 Å². The van der Waals surface area contributed by atoms with E-state index in [1.807, 2.05) is 36.4 Å². The number of rotatable bonds is 6. The Kier molecular flexibility index (Phi) is 5.20. The Labute approximate surface area is 168 Å². The molecule has 0 aliphatic rings. The SMILES string of the molecule is O=C(Nc1ccccc1-c1nc(COc2ccccc2)no1)c1ccc(Br)o1. The van der Waals surface area contributed by atoms with Crippen molar-refractivity contribution in [2.45, 2.75) is 6.61 Å². The molecule has 4 aromatic rings. The second-order valence-electron chi connectivity index (χ2n) is 5.72. The van der Waals surface area contributed by atoms with E-state index in [0.29, 0.717) is 27.5 Å². The number of benzene rings is 2. The summed E-state index contributed by atoms with van der Waals surface area (Å²) in [6.45, 7) is 0.169. The van der Waals surface area contributed by atoms with E-state index in [9.17, 15) is 4.79 Å². The van der Waals surface area contributed by atoms with Gasteiger partial charge in [0.15, 0.2) is 17.0 Å². The van der Waals surface area contributed by atoms with Gasteiger partial charge in [-0.2, -0.15) is 4.98 Å². The molecule has 0 saturated heterocycles. The second kappa shape index (κ2) is 8.10. The summed E-state index contributed by atoms with van der Waals surface area (Å²) in [5.41, 5.74) is 1.12. The maximum atomic E-state index is 12.4. The number of amides is 1. The standard InChI is InChI=1S/C20H14BrN3O4/c21-17-11-10-16(27-17)19(25)22-15-9-5-4-8-14(15)20-23-18(24-28-20)12-26-13-6-2-1-3-7-13/h1-11H,12H2,(H,22,25). The number of nitrogens with zero attached hydrogens (tertiary/aromatic N) is 2. The number of furan rings is 1. The Hall–Kier alpha value is -3.39. The Balaban J connectivity index is 1.50. The number of hydrogen-bond acceptors (Lipinski definition) is 6. The Morgan fingerprint density at radius 3 is 2.61 bits per heavy atom. The van der Waals surface area contributed by atoms with Crippen LogP contribution < -0.4 is 10.1 Å². The van der Waals surface area contributed by atoms with Crippen LogP contribution in [0.15, 0.2) is 80.3 Å². The van der Waals surface area contributed by atoms with Crippen LogP contribution in [0, 0.1) is 0 Å². The molecule has 0 radical (unpaired) electrons. The number of carbonyl (C=O) groups is 1. The number of para-hydroxylation sites is 2. The molecular weight excluding hydrogens is 426 g/mol. The third-order valence-electron chi connectivity index (χ3n) is 3.78. The van der Waals surface area contributed by atoms with Crippen molar-refractivity contribution in [2.24, 2.45) is 0 Å². The summed E-state index contributed by atoms with van der Waals surface area (Å²) >= 11 is 3.18. The van der Waals surface area contributed by atoms with E-state index < -0.39 is 0 Å². The summed E-state index contributed by atoms with van der Waals surface area (Å²) in [5, 5.41) is 6.73. The minimum absolute atomic E-state index is 0.169. The molecule has 7 nitrogen and oxygen atoms in total. The van der Waals surface area contributed by atoms with Crippen molar-refractivity contribution in [3.05, 3.63) is 83.0 Å². The fraction of sp³-hybridized carbons (Fsp3) is 0.0500. The van der Waals surface area contributed by atoms with Gasteiger partial charge in [-0.1, -0.05) is 35.5 Å². The molecule has 0 atom stereocenters. The second-order valence-corrected chi connectivity index (χ2v) is 6.50. The zero-order valence-corrected chi connectivity index (χ0v) is 16.0. The van der Waals surface area contributed by atoms with Gasteiger partial charge >= 0.3 is 0 Å². The predicted octanol–water partition coefficient (Wildman–Crippen LogP) is 4.92. The van der Waals surface area contributed by atoms with Gasteiger partial charge in [0.25, 0.3) is 11.8 Å². The topological polar surface area (TPSA) is 90.4 Å². The number of anilines is 1. The first-order valence-electron chi connectivity index (χ1n) is 8.35. The maximum absolute atomic E-state index is 12.4. The molecule has 1 amide bonds. The van der Waals surface area contributed by atoms with Crippen LogP contribution in [0.4, 0.5) is 5.69 Å². The summed E-state index contributed by atoms with van der Waals surface area (Å²) in [5.74, 6) is 1.19. The van der Waals surface area contributed by atoms with Gasteiger partial charge in [-0.15, -0.1) is 0 Å². The molecular formula is C20H14BrN3O4. The minimum atomic E-state index is -0.384. The normalized spacial score (nSPS) is 10.6. The zero-order chi connectivity index (χ0) is 19.3. The molecule has 0 unspecified atom stereocenters. The van der Waals surface area contributed by atoms with Crippen LogP contribution in [0.1, 0.15) is 16.4 Å². The van der Waals surface area contributed by atoms with E-state index in [-0.39, 0.29) is 24.2 Å². The molecule has 8 heteroatoms. The maximum Gasteiger partial charge on any atom is 0.291 e. The molecule has 0 spiro atoms. The van der Waals surface area contributed by atoms with Gasteiger partial charge in [-0.25, -0.2) is 0 Å². The Morgan fingerprint density at radius 1 is 1.04 bits per heavy atom. The van der Waals surface area contributed by atoms with Gasteiger partial charge in [0.05, 0.1) is 11.3 Å². The van der Waals surface area contributed by atoms with Crippen molar-refractivity contribution in [3.63, 3.8) is 0 Å². The summed E-state index contributed by atoms with van der Waals surface area (Å²) in [6, 6.07) is 19.7. The molecule has 0 saturated carbocycles. The summed E-state index contributed by atoms with van der Waals surface area (Å²) in [4.78, 5) is 16.7. The molecule has 28 heavy (non-hydrogen) atoms. The van der Waals surface area contributed by atoms with Crippen LogP contribution in [0.2, 0.25) is 0 Å². The van der Waals surface area contributed by atoms with Crippen LogP contribution in [0.5, 0.6) is 5.75 Å². The highest BCUT2D eigenvalue weighted by Crippen LogP contribution is 2.27. The third kappa shape index (κ3) is 4.12. The van der Waals surface area contributed by atoms with Gasteiger partial charge in [0.2, 0.25) is 5.82 Å². The van der Waals surface area contributed by atoms with Crippen molar-refractivity contribution in [1.29, 1.82) is 0 Å². The summed E-state index contributed by atoms with van der Waals surface area (Å²) in [7, 11) is 0. The first-order chi connectivity index (χ1) is 13.7. The number of halogens is 1. The van der Waals surface area contributed by atoms with E-state index >= 15 is 0 Å². The van der Waals surface area contributed by atoms with Gasteiger partial charge < -0.3 is 19.0 Å². The molecule has 0 aliphatic heterocycles. The van der Waals surface area contributed by atoms with E-state index in [0.717, 1.165) is 0 Å². The van der Waals surface area contributed by atoms with Gasteiger partial charge in [-0.3, -0.25) is 4.79 Å². The summed E-state index contributed by atoms with van der Waals surface area (Å²) < 4.78 is 16.7. The van der Waals surface area contributed by atoms with Gasteiger partial charge in [0.1, 0.15) is 5.75 Å². The lowest BCUT2D eigenvalue weighted by molar-refractivity contribution is 0.0995. The fourth-order valence-corrected chi connectivity index (χ4v) is 2.79. The van der Waals surface area contributed by atoms with Crippen molar-refractivity contribution >= 4 is 27.5 Å². The average molecular weight is 440 g/mol. The lowest BCUT2D eigenvalue weighted by Crippen LogP contribution is -2.11. The summed E-state index contributed by atoms with van der Waals surface area (Å²) in [6.07, 6.45) is 0. The third-order valence-corrected chi connectivity index (χ3v) is 4.21. The smallest absolute Gasteiger partial charge is 0.291 e. The number of ether oxygens (including phenoxy) is 1. The highest BCUT2D eigenvalue weighted by atomic mass is 79.9. The van der Waals surface area contributed by atoms with Crippen molar-refractivity contribution in [2.75, 3.05) is 5.32 Å². The molecule has 2 aromatic heterocycles. The van der Waals surface area contributed by atoms with Crippen molar-refractivity contribution in [3.8, 4) is 17.2 Å². The van der Waals surface area contributed by atoms with Crippen LogP contribution in [-0.2, 0) is 6.61 Å². The van der Waals surface area contributed by atoms with Crippen LogP contribution in [0.3, 0.4) is 0 Å². The largest absolute Gasteiger partial charge is 0.485 e. The Bertz CT molecular complexity index is 1090. The van der Waals surface area contributed by atoms with Crippen LogP contribution in [0.25, 0.3) is 11.5 Å². The first-order valence-corrected chi connectivity index (χ1v) is 9.15. The van der Waals surface area contributed by atoms with E-state index in [1.54, 1.807) is 30.3 Å². The lowest BCUT2D eigenvalue weighted by atomic mass is 10.1. The molecule has 1 N–H and O–H groups in total. The average Bonchev–Trinajstić information content (AvgIpc) is 3.37. The van der Waals surface area contributed by atoms with E-state index in [2.05, 4.69) is 31.4 Å². The first kappa shape index (κ1) is 18.0. The highest BCUT2D eigenvalue weighted by Gasteiger charge is 2.17. The molecule has 0 aliphatic carbocycles. The molecule has 2 aromatic carbocycles. The number of carbonyl (C=O) groups excluding carboxylic acids is 1.